The number of allylic oxidation sites excluding steroid dienone is 4. The van der Waals surface area contributed by atoms with Crippen molar-refractivity contribution in [2.75, 3.05) is 58.8 Å². The summed E-state index contributed by atoms with van der Waals surface area (Å²) in [6, 6.07) is 0. The lowest BCUT2D eigenvalue weighted by atomic mass is 10.5. The molecule has 0 saturated carbocycles. The lowest BCUT2D eigenvalue weighted by Crippen LogP contribution is -2.29. The molecule has 0 radical (unpaired) electrons. The summed E-state index contributed by atoms with van der Waals surface area (Å²) in [6.07, 6.45) is 8.27. The van der Waals surface area contributed by atoms with Crippen LogP contribution in [0.3, 0.4) is 0 Å². The zero-order chi connectivity index (χ0) is 40.6. The van der Waals surface area contributed by atoms with E-state index in [1.165, 1.54) is 33.7 Å². The second kappa shape index (κ2) is 27.0. The predicted octanol–water partition coefficient (Wildman–Crippen LogP) is 4.51. The normalized spacial score (nSPS) is 13.8. The average Bonchev–Trinajstić information content (AvgIpc) is 3.09. The van der Waals surface area contributed by atoms with Crippen LogP contribution < -0.4 is 22.5 Å². The molecule has 0 spiro atoms. The topological polar surface area (TPSA) is 246 Å². The van der Waals surface area contributed by atoms with E-state index in [1.54, 1.807) is 26.0 Å². The first-order chi connectivity index (χ1) is 25.5. The maximum absolute atomic E-state index is 12.9. The number of carbonyl (C=O) groups excluding carboxylic acids is 1. The molecule has 0 aliphatic heterocycles. The van der Waals surface area contributed by atoms with E-state index in [1.807, 2.05) is 13.8 Å². The molecule has 0 fully saturated rings. The van der Waals surface area contributed by atoms with Crippen LogP contribution in [0, 0.1) is 0 Å². The molecule has 0 saturated heterocycles. The Labute approximate surface area is 328 Å². The number of hydrogen-bond donors (Lipinski definition) is 3. The number of carbonyl (C=O) groups is 1. The smallest absolute Gasteiger partial charge is 0.432 e. The highest BCUT2D eigenvalue weighted by Crippen LogP contribution is 2.48. The van der Waals surface area contributed by atoms with Gasteiger partial charge in [-0.1, -0.05) is 24.3 Å². The minimum atomic E-state index is -3.69. The van der Waals surface area contributed by atoms with Crippen molar-refractivity contribution in [3.8, 4) is 0 Å². The number of halogens is 2. The molecule has 2 rings (SSSR count). The number of ether oxygens (including phenoxy) is 4. The quantitative estimate of drug-likeness (QED) is 0.0431. The van der Waals surface area contributed by atoms with E-state index in [2.05, 4.69) is 41.8 Å². The van der Waals surface area contributed by atoms with Gasteiger partial charge in [0.1, 0.15) is 0 Å². The number of nitrogens with one attached hydrogen (secondary N) is 2. The van der Waals surface area contributed by atoms with Crippen LogP contribution in [-0.4, -0.2) is 95.0 Å². The number of aromatic amines is 2. The van der Waals surface area contributed by atoms with Crippen molar-refractivity contribution in [3.05, 3.63) is 87.3 Å². The van der Waals surface area contributed by atoms with Gasteiger partial charge in [0, 0.05) is 51.9 Å². The number of hydrogen-bond acceptors (Lipinski definition) is 14. The van der Waals surface area contributed by atoms with Gasteiger partial charge >= 0.3 is 32.7 Å². The van der Waals surface area contributed by atoms with Gasteiger partial charge in [0.2, 0.25) is 6.79 Å². The average molecular weight is 938 g/mol. The summed E-state index contributed by atoms with van der Waals surface area (Å²) in [5.41, 5.74) is -2.17. The summed E-state index contributed by atoms with van der Waals surface area (Å²) < 4.78 is 63.0. The first-order valence-electron chi connectivity index (χ1n) is 16.6. The second-order valence-electron chi connectivity index (χ2n) is 10.9. The molecule has 2 unspecified atom stereocenters. The Kier molecular flexibility index (Phi) is 24.6. The van der Waals surface area contributed by atoms with E-state index in [4.69, 9.17) is 32.5 Å². The molecule has 23 heteroatoms. The third-order valence-corrected chi connectivity index (χ3v) is 10.3. The fourth-order valence-corrected chi connectivity index (χ4v) is 6.56. The first-order valence-corrected chi connectivity index (χ1v) is 21.7. The van der Waals surface area contributed by atoms with Crippen molar-refractivity contribution >= 4 is 53.2 Å². The minimum Gasteiger partial charge on any atom is -0.432 e. The fourth-order valence-electron chi connectivity index (χ4n) is 3.62. The van der Waals surface area contributed by atoms with Crippen LogP contribution in [0.2, 0.25) is 0 Å². The SMILES string of the molecule is CCOCCCOP(=O)(C/C=C/Cn1cc(Br)c(=O)[nH]c1=O)OCOC(=O)OC(C)C.CCOCCCOP(=O)(O)C/C=C/Cn1cc(Br)c(=O)[nH]c1=O. The van der Waals surface area contributed by atoms with E-state index in [0.29, 0.717) is 39.3 Å². The fraction of sp³-hybridized carbons (Fsp3) is 0.581. The van der Waals surface area contributed by atoms with Gasteiger partial charge in [0.05, 0.1) is 40.6 Å². The lowest BCUT2D eigenvalue weighted by molar-refractivity contribution is -0.0130. The number of aromatic nitrogens is 4. The molecule has 0 bridgehead atoms. The number of H-pyrrole nitrogens is 2. The Morgan fingerprint density at radius 1 is 0.778 bits per heavy atom. The van der Waals surface area contributed by atoms with Crippen LogP contribution in [-0.2, 0) is 54.7 Å². The van der Waals surface area contributed by atoms with Crippen molar-refractivity contribution in [2.45, 2.75) is 59.7 Å². The maximum atomic E-state index is 12.9. The first kappa shape index (κ1) is 49.3. The Hall–Kier alpha value is -2.71. The standard InChI is InChI=1S/C18H28BrN2O9P.C13H20BrN2O6P/c1-4-26-9-7-10-28-31(25,29-13-27-18(24)30-14(2)3)11-6-5-8-21-12-15(19)16(22)20-17(21)23;1-2-21-7-5-8-22-23(19,20)9-4-3-6-16-10-11(14)12(17)15-13(16)18/h5-6,12,14H,4,7-11,13H2,1-3H3,(H,20,22,23);3-4,10H,2,5-9H2,1H3,(H,19,20)(H,15,17,18)/b6-5+;4-3+. The van der Waals surface area contributed by atoms with Crippen LogP contribution in [0.4, 0.5) is 4.79 Å². The molecule has 54 heavy (non-hydrogen) atoms. The van der Waals surface area contributed by atoms with Crippen molar-refractivity contribution in [3.63, 3.8) is 0 Å². The highest BCUT2D eigenvalue weighted by molar-refractivity contribution is 9.10. The van der Waals surface area contributed by atoms with Crippen LogP contribution in [0.1, 0.15) is 40.5 Å². The van der Waals surface area contributed by atoms with Gasteiger partial charge in [-0.3, -0.25) is 42.3 Å². The van der Waals surface area contributed by atoms with E-state index in [9.17, 15) is 38.0 Å². The van der Waals surface area contributed by atoms with Gasteiger partial charge < -0.3 is 32.9 Å². The van der Waals surface area contributed by atoms with Gasteiger partial charge in [-0.25, -0.2) is 14.4 Å². The van der Waals surface area contributed by atoms with Crippen LogP contribution >= 0.6 is 47.1 Å². The van der Waals surface area contributed by atoms with Crippen LogP contribution in [0.15, 0.2) is 64.8 Å². The van der Waals surface area contributed by atoms with Crippen LogP contribution in [0.5, 0.6) is 0 Å². The third kappa shape index (κ3) is 22.0. The zero-order valence-corrected chi connectivity index (χ0v) is 35.4. The Bertz CT molecular complexity index is 1820. The van der Waals surface area contributed by atoms with Crippen molar-refractivity contribution in [2.24, 2.45) is 0 Å². The molecular weight excluding hydrogens is 890 g/mol. The molecule has 2 heterocycles. The minimum absolute atomic E-state index is 0.119. The lowest BCUT2D eigenvalue weighted by Gasteiger charge is -2.17. The molecule has 19 nitrogen and oxygen atoms in total. The van der Waals surface area contributed by atoms with Gasteiger partial charge in [0.25, 0.3) is 11.1 Å². The Morgan fingerprint density at radius 2 is 1.26 bits per heavy atom. The molecule has 0 aliphatic carbocycles. The van der Waals surface area contributed by atoms with Gasteiger partial charge in [-0.2, -0.15) is 0 Å². The molecule has 2 atom stereocenters. The highest BCUT2D eigenvalue weighted by atomic mass is 79.9. The maximum Gasteiger partial charge on any atom is 0.510 e. The van der Waals surface area contributed by atoms with Crippen molar-refractivity contribution in [1.82, 2.24) is 19.1 Å². The summed E-state index contributed by atoms with van der Waals surface area (Å²) >= 11 is 6.07. The summed E-state index contributed by atoms with van der Waals surface area (Å²) in [6.45, 7) is 9.07. The summed E-state index contributed by atoms with van der Waals surface area (Å²) in [4.78, 5) is 71.2. The molecule has 0 aromatic carbocycles. The largest absolute Gasteiger partial charge is 0.510 e. The molecule has 306 valence electrons. The van der Waals surface area contributed by atoms with Crippen molar-refractivity contribution in [1.29, 1.82) is 0 Å². The molecule has 0 aliphatic rings. The van der Waals surface area contributed by atoms with Crippen LogP contribution in [0.25, 0.3) is 0 Å². The zero-order valence-electron chi connectivity index (χ0n) is 30.4. The van der Waals surface area contributed by atoms with Gasteiger partial charge in [-0.05, 0) is 72.4 Å². The predicted molar refractivity (Wildman–Crippen MR) is 206 cm³/mol. The van der Waals surface area contributed by atoms with E-state index in [0.717, 1.165) is 0 Å². The third-order valence-electron chi connectivity index (χ3n) is 6.15. The van der Waals surface area contributed by atoms with E-state index < -0.39 is 50.6 Å². The summed E-state index contributed by atoms with van der Waals surface area (Å²) in [5.74, 6) is 0. The molecule has 0 amide bonds. The Morgan fingerprint density at radius 3 is 1.74 bits per heavy atom. The number of nitrogens with zero attached hydrogens (tertiary/aromatic N) is 2. The van der Waals surface area contributed by atoms with Gasteiger partial charge in [-0.15, -0.1) is 0 Å². The molecular formula is C31H48Br2N4O15P2. The van der Waals surface area contributed by atoms with Crippen molar-refractivity contribution < 1.29 is 51.3 Å². The van der Waals surface area contributed by atoms with Gasteiger partial charge in [0.15, 0.2) is 0 Å². The second-order valence-corrected chi connectivity index (χ2v) is 16.6. The number of rotatable bonds is 24. The summed E-state index contributed by atoms with van der Waals surface area (Å²) in [7, 11) is -7.33. The highest BCUT2D eigenvalue weighted by Gasteiger charge is 2.24. The summed E-state index contributed by atoms with van der Waals surface area (Å²) in [5, 5.41) is 0. The van der Waals surface area contributed by atoms with E-state index >= 15 is 0 Å². The monoisotopic (exact) mass is 936 g/mol. The molecule has 2 aromatic heterocycles. The molecule has 2 aromatic rings. The Balaban J connectivity index is 0.000000564. The molecule has 3 N–H and O–H groups in total. The van der Waals surface area contributed by atoms with E-state index in [-0.39, 0.29) is 53.7 Å².